The number of nitrogens with one attached hydrogen (secondary N) is 2. The highest BCUT2D eigenvalue weighted by molar-refractivity contribution is 14.0. The third kappa shape index (κ3) is 6.28. The molecule has 0 radical (unpaired) electrons. The van der Waals surface area contributed by atoms with Gasteiger partial charge in [-0.3, -0.25) is 4.99 Å². The number of aryl methyl sites for hydroxylation is 2. The van der Waals surface area contributed by atoms with Crippen molar-refractivity contribution in [2.75, 3.05) is 13.6 Å². The average Bonchev–Trinajstić information content (AvgIpc) is 3.03. The van der Waals surface area contributed by atoms with Crippen LogP contribution in [-0.4, -0.2) is 35.7 Å². The summed E-state index contributed by atoms with van der Waals surface area (Å²) in [6.07, 6.45) is 0.882. The molecule has 162 valence electrons. The first kappa shape index (κ1) is 23.8. The van der Waals surface area contributed by atoms with Crippen molar-refractivity contribution in [3.05, 3.63) is 59.9 Å². The Morgan fingerprint density at radius 2 is 1.87 bits per heavy atom. The Balaban J connectivity index is 0.00000320. The number of imidazole rings is 1. The highest BCUT2D eigenvalue weighted by atomic mass is 127. The first-order chi connectivity index (χ1) is 14.1. The summed E-state index contributed by atoms with van der Waals surface area (Å²) in [6, 6.07) is 14.8. The van der Waals surface area contributed by atoms with Crippen molar-refractivity contribution < 1.29 is 13.5 Å². The molecule has 2 N–H and O–H groups in total. The summed E-state index contributed by atoms with van der Waals surface area (Å²) < 4.78 is 31.8. The molecular weight excluding hydrogens is 503 g/mol. The molecule has 0 fully saturated rings. The second kappa shape index (κ2) is 11.7. The molecule has 3 aromatic rings. The van der Waals surface area contributed by atoms with Crippen molar-refractivity contribution in [1.82, 2.24) is 20.2 Å². The summed E-state index contributed by atoms with van der Waals surface area (Å²) in [4.78, 5) is 8.76. The van der Waals surface area contributed by atoms with E-state index in [9.17, 15) is 8.78 Å². The lowest BCUT2D eigenvalue weighted by atomic mass is 10.2. The largest absolute Gasteiger partial charge is 0.434 e. The van der Waals surface area contributed by atoms with E-state index in [1.807, 2.05) is 25.1 Å². The second-order valence-corrected chi connectivity index (χ2v) is 6.49. The van der Waals surface area contributed by atoms with Gasteiger partial charge < -0.3 is 19.9 Å². The summed E-state index contributed by atoms with van der Waals surface area (Å²) in [5.41, 5.74) is 2.76. The lowest BCUT2D eigenvalue weighted by molar-refractivity contribution is -0.0504. The lowest BCUT2D eigenvalue weighted by Crippen LogP contribution is -2.37. The Hall–Kier alpha value is -2.43. The molecule has 0 saturated carbocycles. The van der Waals surface area contributed by atoms with Crippen LogP contribution in [0.5, 0.6) is 5.75 Å². The van der Waals surface area contributed by atoms with E-state index in [-0.39, 0.29) is 29.7 Å². The van der Waals surface area contributed by atoms with E-state index >= 15 is 0 Å². The summed E-state index contributed by atoms with van der Waals surface area (Å²) in [5, 5.41) is 6.37. The number of hydrogen-bond acceptors (Lipinski definition) is 3. The van der Waals surface area contributed by atoms with Crippen LogP contribution >= 0.6 is 24.0 Å². The molecule has 1 aromatic heterocycles. The molecule has 2 aromatic carbocycles. The molecule has 0 spiro atoms. The van der Waals surface area contributed by atoms with Crippen LogP contribution in [0, 0.1) is 6.92 Å². The minimum atomic E-state index is -2.85. The van der Waals surface area contributed by atoms with Gasteiger partial charge in [-0.15, -0.1) is 24.0 Å². The topological polar surface area (TPSA) is 63.5 Å². The van der Waals surface area contributed by atoms with Crippen LogP contribution in [0.15, 0.2) is 53.5 Å². The molecule has 0 atom stereocenters. The van der Waals surface area contributed by atoms with Crippen LogP contribution in [0.2, 0.25) is 0 Å². The van der Waals surface area contributed by atoms with Gasteiger partial charge >= 0.3 is 6.61 Å². The summed E-state index contributed by atoms with van der Waals surface area (Å²) in [6.45, 7) is 1.03. The molecule has 0 saturated heterocycles. The van der Waals surface area contributed by atoms with E-state index in [4.69, 9.17) is 0 Å². The zero-order chi connectivity index (χ0) is 20.6. The van der Waals surface area contributed by atoms with Gasteiger partial charge in [-0.2, -0.15) is 8.78 Å². The van der Waals surface area contributed by atoms with E-state index in [0.717, 1.165) is 29.8 Å². The monoisotopic (exact) mass is 529 g/mol. The van der Waals surface area contributed by atoms with Gasteiger partial charge in [0.2, 0.25) is 0 Å². The lowest BCUT2D eigenvalue weighted by Gasteiger charge is -2.15. The van der Waals surface area contributed by atoms with Crippen molar-refractivity contribution in [2.45, 2.75) is 33.0 Å². The Morgan fingerprint density at radius 3 is 2.63 bits per heavy atom. The van der Waals surface area contributed by atoms with Crippen LogP contribution in [0.4, 0.5) is 8.78 Å². The maximum atomic E-state index is 12.5. The number of guanidine groups is 1. The normalized spacial score (nSPS) is 11.4. The van der Waals surface area contributed by atoms with Crippen molar-refractivity contribution in [3.8, 4) is 5.75 Å². The Labute approximate surface area is 191 Å². The van der Waals surface area contributed by atoms with E-state index in [0.29, 0.717) is 24.6 Å². The molecule has 6 nitrogen and oxygen atoms in total. The summed E-state index contributed by atoms with van der Waals surface area (Å²) >= 11 is 0. The number of aliphatic imine (C=N–C) groups is 1. The number of benzene rings is 2. The minimum Gasteiger partial charge on any atom is -0.434 e. The van der Waals surface area contributed by atoms with Gasteiger partial charge in [0.15, 0.2) is 5.96 Å². The van der Waals surface area contributed by atoms with Crippen molar-refractivity contribution in [2.24, 2.45) is 4.99 Å². The van der Waals surface area contributed by atoms with Crippen molar-refractivity contribution in [1.29, 1.82) is 0 Å². The van der Waals surface area contributed by atoms with Gasteiger partial charge in [-0.1, -0.05) is 30.3 Å². The fourth-order valence-electron chi connectivity index (χ4n) is 3.18. The highest BCUT2D eigenvalue weighted by Gasteiger charge is 2.10. The maximum Gasteiger partial charge on any atom is 0.387 e. The number of hydrogen-bond donors (Lipinski definition) is 2. The number of para-hydroxylation sites is 3. The third-order valence-electron chi connectivity index (χ3n) is 4.55. The van der Waals surface area contributed by atoms with E-state index in [2.05, 4.69) is 36.0 Å². The molecular formula is C21H26F2IN5O. The SMILES string of the molecule is CN=C(NCCCn1c(C)nc2ccccc21)NCc1ccccc1OC(F)F.I. The number of rotatable bonds is 8. The van der Waals surface area contributed by atoms with Gasteiger partial charge in [-0.05, 0) is 31.5 Å². The van der Waals surface area contributed by atoms with Crippen LogP contribution in [0.25, 0.3) is 11.0 Å². The number of alkyl halides is 2. The second-order valence-electron chi connectivity index (χ2n) is 6.49. The zero-order valence-corrected chi connectivity index (χ0v) is 19.3. The number of halogens is 3. The maximum absolute atomic E-state index is 12.5. The molecule has 0 aliphatic heterocycles. The number of aromatic nitrogens is 2. The van der Waals surface area contributed by atoms with Gasteiger partial charge in [0, 0.05) is 32.2 Å². The average molecular weight is 529 g/mol. The fraction of sp³-hybridized carbons (Fsp3) is 0.333. The number of fused-ring (bicyclic) bond motifs is 1. The number of ether oxygens (including phenoxy) is 1. The first-order valence-electron chi connectivity index (χ1n) is 9.47. The third-order valence-corrected chi connectivity index (χ3v) is 4.55. The van der Waals surface area contributed by atoms with Crippen molar-refractivity contribution in [3.63, 3.8) is 0 Å². The molecule has 0 aliphatic carbocycles. The van der Waals surface area contributed by atoms with Gasteiger partial charge in [0.1, 0.15) is 11.6 Å². The molecule has 0 bridgehead atoms. The molecule has 0 aliphatic rings. The first-order valence-corrected chi connectivity index (χ1v) is 9.47. The highest BCUT2D eigenvalue weighted by Crippen LogP contribution is 2.20. The van der Waals surface area contributed by atoms with E-state index in [1.54, 1.807) is 25.2 Å². The molecule has 3 rings (SSSR count). The summed E-state index contributed by atoms with van der Waals surface area (Å²) in [5.74, 6) is 1.75. The minimum absolute atomic E-state index is 0. The van der Waals surface area contributed by atoms with Crippen LogP contribution < -0.4 is 15.4 Å². The predicted molar refractivity (Wildman–Crippen MR) is 126 cm³/mol. The van der Waals surface area contributed by atoms with Gasteiger partial charge in [0.25, 0.3) is 0 Å². The molecule has 0 unspecified atom stereocenters. The molecule has 1 heterocycles. The molecule has 9 heteroatoms. The standard InChI is InChI=1S/C21H25F2N5O.HI/c1-15-27-17-9-4-5-10-18(17)28(15)13-7-12-25-21(24-2)26-14-16-8-3-6-11-19(16)29-20(22)23;/h3-6,8-11,20H,7,12-14H2,1-2H3,(H2,24,25,26);1H. The van der Waals surface area contributed by atoms with Crippen molar-refractivity contribution >= 4 is 41.0 Å². The van der Waals surface area contributed by atoms with Gasteiger partial charge in [0.05, 0.1) is 11.0 Å². The van der Waals surface area contributed by atoms with Gasteiger partial charge in [-0.25, -0.2) is 4.98 Å². The molecule has 0 amide bonds. The Morgan fingerprint density at radius 1 is 1.13 bits per heavy atom. The zero-order valence-electron chi connectivity index (χ0n) is 16.9. The Kier molecular flexibility index (Phi) is 9.28. The predicted octanol–water partition coefficient (Wildman–Crippen LogP) is 4.32. The smallest absolute Gasteiger partial charge is 0.387 e. The van der Waals surface area contributed by atoms with E-state index < -0.39 is 6.61 Å². The number of nitrogens with zero attached hydrogens (tertiary/aromatic N) is 3. The summed E-state index contributed by atoms with van der Waals surface area (Å²) in [7, 11) is 1.67. The van der Waals surface area contributed by atoms with Crippen LogP contribution in [0.3, 0.4) is 0 Å². The van der Waals surface area contributed by atoms with Crippen LogP contribution in [0.1, 0.15) is 17.8 Å². The quantitative estimate of drug-likeness (QED) is 0.198. The van der Waals surface area contributed by atoms with E-state index in [1.165, 1.54) is 6.07 Å². The molecule has 30 heavy (non-hydrogen) atoms. The van der Waals surface area contributed by atoms with Crippen LogP contribution in [-0.2, 0) is 13.1 Å². The Bertz CT molecular complexity index is 977. The fourth-order valence-corrected chi connectivity index (χ4v) is 3.18.